The summed E-state index contributed by atoms with van der Waals surface area (Å²) in [5.74, 6) is 0.169. The Morgan fingerprint density at radius 3 is 2.81 bits per heavy atom. The maximum absolute atomic E-state index is 10.6. The molecule has 1 aliphatic carbocycles. The Labute approximate surface area is 97.5 Å². The largest absolute Gasteiger partial charge is 0.473 e. The van der Waals surface area contributed by atoms with Gasteiger partial charge < -0.3 is 4.74 Å². The van der Waals surface area contributed by atoms with Gasteiger partial charge in [0.1, 0.15) is 6.10 Å². The van der Waals surface area contributed by atoms with Crippen LogP contribution in [0.15, 0.2) is 12.3 Å². The Morgan fingerprint density at radius 2 is 2.19 bits per heavy atom. The smallest absolute Gasteiger partial charge is 0.294 e. The molecule has 0 aliphatic heterocycles. The SMILES string of the molecule is O=[N+]([O-])c1ccnc(OC2CCCC2)c1Cl. The van der Waals surface area contributed by atoms with Crippen molar-refractivity contribution in [2.45, 2.75) is 31.8 Å². The zero-order chi connectivity index (χ0) is 11.5. The summed E-state index contributed by atoms with van der Waals surface area (Å²) in [6.07, 6.45) is 5.59. The predicted octanol–water partition coefficient (Wildman–Crippen LogP) is 2.96. The third-order valence-electron chi connectivity index (χ3n) is 2.61. The van der Waals surface area contributed by atoms with Crippen molar-refractivity contribution in [2.24, 2.45) is 0 Å². The van der Waals surface area contributed by atoms with Crippen molar-refractivity contribution >= 4 is 17.3 Å². The van der Waals surface area contributed by atoms with Crippen LogP contribution in [-0.2, 0) is 0 Å². The molecular formula is C10H11ClN2O3. The lowest BCUT2D eigenvalue weighted by atomic mass is 10.3. The quantitative estimate of drug-likeness (QED) is 0.604. The summed E-state index contributed by atoms with van der Waals surface area (Å²) in [4.78, 5) is 14.0. The number of nitro groups is 1. The molecule has 0 amide bonds. The molecule has 1 aliphatic rings. The molecule has 5 nitrogen and oxygen atoms in total. The Balaban J connectivity index is 2.20. The van der Waals surface area contributed by atoms with Gasteiger partial charge in [0, 0.05) is 12.3 Å². The van der Waals surface area contributed by atoms with Crippen LogP contribution in [0.3, 0.4) is 0 Å². The molecule has 0 saturated heterocycles. The molecule has 2 rings (SSSR count). The number of aromatic nitrogens is 1. The molecule has 0 atom stereocenters. The molecule has 1 fully saturated rings. The molecule has 0 N–H and O–H groups in total. The van der Waals surface area contributed by atoms with Crippen LogP contribution in [0, 0.1) is 10.1 Å². The summed E-state index contributed by atoms with van der Waals surface area (Å²) in [6.45, 7) is 0. The Hall–Kier alpha value is -1.36. The predicted molar refractivity (Wildman–Crippen MR) is 58.8 cm³/mol. The number of hydrogen-bond donors (Lipinski definition) is 0. The average molecular weight is 243 g/mol. The highest BCUT2D eigenvalue weighted by atomic mass is 35.5. The van der Waals surface area contributed by atoms with Crippen molar-refractivity contribution in [1.29, 1.82) is 0 Å². The molecule has 1 saturated carbocycles. The molecule has 1 aromatic heterocycles. The Morgan fingerprint density at radius 1 is 1.50 bits per heavy atom. The van der Waals surface area contributed by atoms with E-state index < -0.39 is 4.92 Å². The molecule has 0 bridgehead atoms. The molecular weight excluding hydrogens is 232 g/mol. The number of pyridine rings is 1. The Bertz CT molecular complexity index is 405. The van der Waals surface area contributed by atoms with E-state index in [-0.39, 0.29) is 22.7 Å². The molecule has 0 spiro atoms. The summed E-state index contributed by atoms with van der Waals surface area (Å²) >= 11 is 5.85. The van der Waals surface area contributed by atoms with Crippen LogP contribution >= 0.6 is 11.6 Å². The number of rotatable bonds is 3. The van der Waals surface area contributed by atoms with E-state index in [4.69, 9.17) is 16.3 Å². The molecule has 16 heavy (non-hydrogen) atoms. The van der Waals surface area contributed by atoms with Crippen LogP contribution in [0.2, 0.25) is 5.02 Å². The first-order chi connectivity index (χ1) is 7.68. The van der Waals surface area contributed by atoms with Gasteiger partial charge >= 0.3 is 0 Å². The summed E-state index contributed by atoms with van der Waals surface area (Å²) < 4.78 is 5.55. The van der Waals surface area contributed by atoms with E-state index in [9.17, 15) is 10.1 Å². The van der Waals surface area contributed by atoms with E-state index in [2.05, 4.69) is 4.98 Å². The van der Waals surface area contributed by atoms with Gasteiger partial charge in [-0.15, -0.1) is 0 Å². The Kier molecular flexibility index (Phi) is 3.24. The highest BCUT2D eigenvalue weighted by Gasteiger charge is 2.22. The van der Waals surface area contributed by atoms with E-state index in [1.54, 1.807) is 0 Å². The van der Waals surface area contributed by atoms with Crippen LogP contribution in [-0.4, -0.2) is 16.0 Å². The monoisotopic (exact) mass is 242 g/mol. The van der Waals surface area contributed by atoms with Crippen molar-refractivity contribution in [2.75, 3.05) is 0 Å². The number of ether oxygens (including phenoxy) is 1. The molecule has 0 unspecified atom stereocenters. The second-order valence-electron chi connectivity index (χ2n) is 3.73. The number of hydrogen-bond acceptors (Lipinski definition) is 4. The van der Waals surface area contributed by atoms with Crippen LogP contribution < -0.4 is 4.74 Å². The van der Waals surface area contributed by atoms with E-state index in [1.807, 2.05) is 0 Å². The van der Waals surface area contributed by atoms with Gasteiger partial charge in [0.2, 0.25) is 5.88 Å². The van der Waals surface area contributed by atoms with E-state index in [0.717, 1.165) is 25.7 Å². The second-order valence-corrected chi connectivity index (χ2v) is 4.11. The fraction of sp³-hybridized carbons (Fsp3) is 0.500. The third kappa shape index (κ3) is 2.24. The molecule has 6 heteroatoms. The van der Waals surface area contributed by atoms with E-state index in [0.29, 0.717) is 0 Å². The zero-order valence-corrected chi connectivity index (χ0v) is 9.31. The van der Waals surface area contributed by atoms with Crippen LogP contribution in [0.4, 0.5) is 5.69 Å². The summed E-state index contributed by atoms with van der Waals surface area (Å²) in [5, 5.41) is 10.6. The first-order valence-electron chi connectivity index (χ1n) is 5.14. The van der Waals surface area contributed by atoms with Crippen molar-refractivity contribution in [1.82, 2.24) is 4.98 Å². The van der Waals surface area contributed by atoms with Crippen molar-refractivity contribution in [3.05, 3.63) is 27.4 Å². The minimum atomic E-state index is -0.536. The maximum Gasteiger partial charge on any atom is 0.294 e. The normalized spacial score (nSPS) is 16.3. The maximum atomic E-state index is 10.6. The second kappa shape index (κ2) is 4.65. The van der Waals surface area contributed by atoms with Gasteiger partial charge in [0.25, 0.3) is 5.69 Å². The van der Waals surface area contributed by atoms with Crippen molar-refractivity contribution in [3.63, 3.8) is 0 Å². The minimum absolute atomic E-state index is 0.0144. The zero-order valence-electron chi connectivity index (χ0n) is 8.56. The molecule has 1 aromatic rings. The lowest BCUT2D eigenvalue weighted by Gasteiger charge is -2.12. The number of nitrogens with zero attached hydrogens (tertiary/aromatic N) is 2. The molecule has 0 aromatic carbocycles. The van der Waals surface area contributed by atoms with Crippen LogP contribution in [0.1, 0.15) is 25.7 Å². The van der Waals surface area contributed by atoms with Crippen LogP contribution in [0.25, 0.3) is 0 Å². The molecule has 86 valence electrons. The molecule has 0 radical (unpaired) electrons. The fourth-order valence-corrected chi connectivity index (χ4v) is 2.03. The van der Waals surface area contributed by atoms with E-state index in [1.165, 1.54) is 12.3 Å². The van der Waals surface area contributed by atoms with Gasteiger partial charge in [0.15, 0.2) is 5.02 Å². The standard InChI is InChI=1S/C10H11ClN2O3/c11-9-8(13(14)15)5-6-12-10(9)16-7-3-1-2-4-7/h5-7H,1-4H2. The minimum Gasteiger partial charge on any atom is -0.473 e. The van der Waals surface area contributed by atoms with E-state index >= 15 is 0 Å². The van der Waals surface area contributed by atoms with Gasteiger partial charge in [-0.1, -0.05) is 11.6 Å². The van der Waals surface area contributed by atoms with Gasteiger partial charge in [-0.2, -0.15) is 0 Å². The highest BCUT2D eigenvalue weighted by molar-refractivity contribution is 6.33. The van der Waals surface area contributed by atoms with Crippen LogP contribution in [0.5, 0.6) is 5.88 Å². The highest BCUT2D eigenvalue weighted by Crippen LogP contribution is 2.33. The van der Waals surface area contributed by atoms with Crippen molar-refractivity contribution in [3.8, 4) is 5.88 Å². The fourth-order valence-electron chi connectivity index (χ4n) is 1.80. The lowest BCUT2D eigenvalue weighted by molar-refractivity contribution is -0.384. The third-order valence-corrected chi connectivity index (χ3v) is 2.97. The first-order valence-corrected chi connectivity index (χ1v) is 5.52. The van der Waals surface area contributed by atoms with Gasteiger partial charge in [-0.05, 0) is 25.7 Å². The summed E-state index contributed by atoms with van der Waals surface area (Å²) in [7, 11) is 0. The van der Waals surface area contributed by atoms with Gasteiger partial charge in [-0.3, -0.25) is 10.1 Å². The summed E-state index contributed by atoms with van der Waals surface area (Å²) in [5.41, 5.74) is -0.162. The lowest BCUT2D eigenvalue weighted by Crippen LogP contribution is -2.12. The van der Waals surface area contributed by atoms with Crippen molar-refractivity contribution < 1.29 is 9.66 Å². The topological polar surface area (TPSA) is 65.3 Å². The average Bonchev–Trinajstić information content (AvgIpc) is 2.73. The van der Waals surface area contributed by atoms with Gasteiger partial charge in [-0.25, -0.2) is 4.98 Å². The molecule has 1 heterocycles. The van der Waals surface area contributed by atoms with Gasteiger partial charge in [0.05, 0.1) is 4.92 Å². The summed E-state index contributed by atoms with van der Waals surface area (Å²) in [6, 6.07) is 1.27. The first kappa shape index (κ1) is 11.1. The number of halogens is 1.